The summed E-state index contributed by atoms with van der Waals surface area (Å²) in [7, 11) is 0. The van der Waals surface area contributed by atoms with E-state index in [2.05, 4.69) is 74.6 Å². The summed E-state index contributed by atoms with van der Waals surface area (Å²) in [6.07, 6.45) is 1.58. The third kappa shape index (κ3) is 3.38. The fourth-order valence-corrected chi connectivity index (χ4v) is 2.46. The van der Waals surface area contributed by atoms with Gasteiger partial charge in [-0.05, 0) is 75.8 Å². The van der Waals surface area contributed by atoms with E-state index in [0.717, 1.165) is 11.4 Å². The molecule has 1 heterocycles. The van der Waals surface area contributed by atoms with Crippen molar-refractivity contribution >= 4 is 28.3 Å². The van der Waals surface area contributed by atoms with Crippen LogP contribution in [0.5, 0.6) is 0 Å². The first-order valence-corrected chi connectivity index (χ1v) is 7.66. The molecule has 3 aromatic rings. The highest BCUT2D eigenvalue weighted by atomic mass is 127. The van der Waals surface area contributed by atoms with E-state index in [0.29, 0.717) is 0 Å². The molecule has 0 saturated carbocycles. The van der Waals surface area contributed by atoms with Crippen molar-refractivity contribution in [2.24, 2.45) is 0 Å². The van der Waals surface area contributed by atoms with Gasteiger partial charge in [0.15, 0.2) is 0 Å². The molecule has 6 heteroatoms. The molecular weight excluding hydrogens is 377 g/mol. The lowest BCUT2D eigenvalue weighted by Crippen LogP contribution is -2.07. The van der Waals surface area contributed by atoms with Crippen LogP contribution in [0.2, 0.25) is 0 Å². The molecule has 3 rings (SSSR count). The zero-order valence-electron chi connectivity index (χ0n) is 11.4. The van der Waals surface area contributed by atoms with Gasteiger partial charge in [0.1, 0.15) is 6.33 Å². The van der Waals surface area contributed by atoms with Crippen LogP contribution in [0.1, 0.15) is 18.5 Å². The predicted molar refractivity (Wildman–Crippen MR) is 90.4 cm³/mol. The summed E-state index contributed by atoms with van der Waals surface area (Å²) in [6, 6.07) is 16.8. The summed E-state index contributed by atoms with van der Waals surface area (Å²) in [6.45, 7) is 2.14. The molecule has 21 heavy (non-hydrogen) atoms. The monoisotopic (exact) mass is 391 g/mol. The lowest BCUT2D eigenvalue weighted by atomic mass is 10.1. The zero-order chi connectivity index (χ0) is 14.7. The van der Waals surface area contributed by atoms with Crippen LogP contribution in [0.15, 0.2) is 54.9 Å². The Hall–Kier alpha value is -1.96. The Balaban J connectivity index is 1.78. The van der Waals surface area contributed by atoms with Gasteiger partial charge < -0.3 is 5.32 Å². The van der Waals surface area contributed by atoms with Gasteiger partial charge in [-0.25, -0.2) is 4.68 Å². The van der Waals surface area contributed by atoms with Crippen LogP contribution in [-0.2, 0) is 0 Å². The first-order valence-electron chi connectivity index (χ1n) is 6.58. The van der Waals surface area contributed by atoms with Crippen molar-refractivity contribution in [2.75, 3.05) is 5.32 Å². The molecule has 0 fully saturated rings. The number of benzene rings is 2. The van der Waals surface area contributed by atoms with Crippen LogP contribution in [0, 0.1) is 3.57 Å². The molecule has 2 aromatic carbocycles. The van der Waals surface area contributed by atoms with Gasteiger partial charge in [-0.2, -0.15) is 0 Å². The number of aromatic nitrogens is 4. The van der Waals surface area contributed by atoms with E-state index >= 15 is 0 Å². The van der Waals surface area contributed by atoms with Crippen LogP contribution in [0.4, 0.5) is 5.69 Å². The van der Waals surface area contributed by atoms with Crippen molar-refractivity contribution in [3.05, 3.63) is 64.0 Å². The van der Waals surface area contributed by atoms with Crippen molar-refractivity contribution in [3.8, 4) is 5.69 Å². The average molecular weight is 391 g/mol. The van der Waals surface area contributed by atoms with Crippen molar-refractivity contribution in [1.82, 2.24) is 20.2 Å². The topological polar surface area (TPSA) is 55.6 Å². The summed E-state index contributed by atoms with van der Waals surface area (Å²) in [5.74, 6) is 0. The van der Waals surface area contributed by atoms with Gasteiger partial charge in [-0.3, -0.25) is 0 Å². The number of anilines is 1. The minimum atomic E-state index is 0.228. The average Bonchev–Trinajstić information content (AvgIpc) is 3.02. The third-order valence-corrected chi connectivity index (χ3v) is 3.93. The number of hydrogen-bond donors (Lipinski definition) is 1. The van der Waals surface area contributed by atoms with Crippen molar-refractivity contribution in [1.29, 1.82) is 0 Å². The van der Waals surface area contributed by atoms with E-state index in [1.54, 1.807) is 11.0 Å². The highest BCUT2D eigenvalue weighted by molar-refractivity contribution is 14.1. The predicted octanol–water partition coefficient (Wildman–Crippen LogP) is 3.44. The lowest BCUT2D eigenvalue weighted by Gasteiger charge is -2.16. The Morgan fingerprint density at radius 1 is 1.14 bits per heavy atom. The maximum absolute atomic E-state index is 3.90. The zero-order valence-corrected chi connectivity index (χ0v) is 13.6. The molecule has 1 atom stereocenters. The summed E-state index contributed by atoms with van der Waals surface area (Å²) < 4.78 is 2.88. The SMILES string of the molecule is CC(Nc1cccc(-n2cnnn2)c1)c1ccc(I)cc1. The highest BCUT2D eigenvalue weighted by Crippen LogP contribution is 2.21. The second-order valence-electron chi connectivity index (χ2n) is 4.72. The highest BCUT2D eigenvalue weighted by Gasteiger charge is 2.06. The fraction of sp³-hybridized carbons (Fsp3) is 0.133. The second-order valence-corrected chi connectivity index (χ2v) is 5.97. The summed E-state index contributed by atoms with van der Waals surface area (Å²) in [4.78, 5) is 0. The Kier molecular flexibility index (Phi) is 4.14. The van der Waals surface area contributed by atoms with E-state index in [-0.39, 0.29) is 6.04 Å². The molecule has 0 aliphatic carbocycles. The standard InChI is InChI=1S/C15H14IN5/c1-11(12-5-7-13(16)8-6-12)18-14-3-2-4-15(9-14)21-10-17-19-20-21/h2-11,18H,1H3. The van der Waals surface area contributed by atoms with Crippen LogP contribution < -0.4 is 5.32 Å². The summed E-state index contributed by atoms with van der Waals surface area (Å²) >= 11 is 2.31. The van der Waals surface area contributed by atoms with E-state index in [9.17, 15) is 0 Å². The van der Waals surface area contributed by atoms with Gasteiger partial charge in [0, 0.05) is 15.3 Å². The van der Waals surface area contributed by atoms with Gasteiger partial charge in [0.2, 0.25) is 0 Å². The van der Waals surface area contributed by atoms with E-state index < -0.39 is 0 Å². The van der Waals surface area contributed by atoms with Crippen molar-refractivity contribution in [2.45, 2.75) is 13.0 Å². The summed E-state index contributed by atoms with van der Waals surface area (Å²) in [5.41, 5.74) is 3.22. The van der Waals surface area contributed by atoms with Gasteiger partial charge in [0.25, 0.3) is 0 Å². The molecule has 0 amide bonds. The normalized spacial score (nSPS) is 12.1. The smallest absolute Gasteiger partial charge is 0.143 e. The Bertz CT molecular complexity index is 709. The number of nitrogens with one attached hydrogen (secondary N) is 1. The number of tetrazole rings is 1. The van der Waals surface area contributed by atoms with Crippen LogP contribution in [0.3, 0.4) is 0 Å². The van der Waals surface area contributed by atoms with E-state index in [1.165, 1.54) is 9.13 Å². The second kappa shape index (κ2) is 6.21. The maximum atomic E-state index is 3.90. The van der Waals surface area contributed by atoms with Gasteiger partial charge in [0.05, 0.1) is 5.69 Å². The molecule has 0 bridgehead atoms. The molecule has 0 saturated heterocycles. The largest absolute Gasteiger partial charge is 0.378 e. The molecule has 106 valence electrons. The molecule has 0 aliphatic rings. The number of rotatable bonds is 4. The Labute approximate surface area is 136 Å². The quantitative estimate of drug-likeness (QED) is 0.693. The molecule has 1 unspecified atom stereocenters. The van der Waals surface area contributed by atoms with Crippen LogP contribution in [-0.4, -0.2) is 20.2 Å². The lowest BCUT2D eigenvalue weighted by molar-refractivity contribution is 0.788. The molecule has 0 spiro atoms. The Morgan fingerprint density at radius 2 is 1.95 bits per heavy atom. The summed E-state index contributed by atoms with van der Waals surface area (Å²) in [5, 5.41) is 14.7. The minimum absolute atomic E-state index is 0.228. The van der Waals surface area contributed by atoms with Crippen LogP contribution in [0.25, 0.3) is 5.69 Å². The molecular formula is C15H14IN5. The number of nitrogens with zero attached hydrogens (tertiary/aromatic N) is 4. The molecule has 1 aromatic heterocycles. The van der Waals surface area contributed by atoms with E-state index in [4.69, 9.17) is 0 Å². The maximum Gasteiger partial charge on any atom is 0.143 e. The molecule has 0 aliphatic heterocycles. The molecule has 0 radical (unpaired) electrons. The molecule has 1 N–H and O–H groups in total. The first-order chi connectivity index (χ1) is 10.2. The van der Waals surface area contributed by atoms with Gasteiger partial charge in [-0.15, -0.1) is 5.10 Å². The van der Waals surface area contributed by atoms with Gasteiger partial charge in [-0.1, -0.05) is 18.2 Å². The number of halogens is 1. The molecule has 5 nitrogen and oxygen atoms in total. The van der Waals surface area contributed by atoms with Crippen molar-refractivity contribution in [3.63, 3.8) is 0 Å². The van der Waals surface area contributed by atoms with E-state index in [1.807, 2.05) is 24.3 Å². The fourth-order valence-electron chi connectivity index (χ4n) is 2.10. The van der Waals surface area contributed by atoms with Gasteiger partial charge >= 0.3 is 0 Å². The number of hydrogen-bond acceptors (Lipinski definition) is 4. The Morgan fingerprint density at radius 3 is 2.67 bits per heavy atom. The first kappa shape index (κ1) is 14.0. The third-order valence-electron chi connectivity index (χ3n) is 3.21. The minimum Gasteiger partial charge on any atom is -0.378 e. The van der Waals surface area contributed by atoms with Crippen molar-refractivity contribution < 1.29 is 0 Å². The van der Waals surface area contributed by atoms with Crippen LogP contribution >= 0.6 is 22.6 Å².